The highest BCUT2D eigenvalue weighted by Gasteiger charge is 2.31. The summed E-state index contributed by atoms with van der Waals surface area (Å²) in [6, 6.07) is 23.1. The fourth-order valence-corrected chi connectivity index (χ4v) is 4.64. The molecule has 1 N–H and O–H groups in total. The molecule has 0 saturated heterocycles. The zero-order chi connectivity index (χ0) is 21.4. The quantitative estimate of drug-likeness (QED) is 0.351. The standard InChI is InChI=1S/C23H17N3O4S/c27-26(28)18-9-11-19(12-10-18)30-31(29)25-14-13-16-5-1-3-7-20(16)23(25)22-15-17-6-2-4-8-21(17)24-22/h1-15,23-24H. The molecule has 8 heteroatoms. The highest BCUT2D eigenvalue weighted by Crippen LogP contribution is 2.37. The van der Waals surface area contributed by atoms with Crippen LogP contribution in [0.5, 0.6) is 5.75 Å². The van der Waals surface area contributed by atoms with Gasteiger partial charge in [-0.3, -0.25) is 14.4 Å². The van der Waals surface area contributed by atoms with Crippen LogP contribution in [0, 0.1) is 10.1 Å². The van der Waals surface area contributed by atoms with E-state index in [9.17, 15) is 14.3 Å². The monoisotopic (exact) mass is 431 g/mol. The summed E-state index contributed by atoms with van der Waals surface area (Å²) in [5.74, 6) is 0.284. The Balaban J connectivity index is 1.51. The molecule has 0 saturated carbocycles. The van der Waals surface area contributed by atoms with Crippen LogP contribution in [-0.4, -0.2) is 18.4 Å². The molecular formula is C23H17N3O4S. The van der Waals surface area contributed by atoms with Crippen LogP contribution in [0.4, 0.5) is 5.69 Å². The number of non-ortho nitro benzene ring substituents is 1. The molecule has 31 heavy (non-hydrogen) atoms. The molecule has 0 bridgehead atoms. The van der Waals surface area contributed by atoms with E-state index < -0.39 is 16.2 Å². The van der Waals surface area contributed by atoms with E-state index in [0.717, 1.165) is 27.7 Å². The zero-order valence-electron chi connectivity index (χ0n) is 16.2. The van der Waals surface area contributed by atoms with E-state index in [4.69, 9.17) is 4.18 Å². The fraction of sp³-hybridized carbons (Fsp3) is 0.0435. The zero-order valence-corrected chi connectivity index (χ0v) is 17.0. The minimum atomic E-state index is -1.88. The molecule has 7 nitrogen and oxygen atoms in total. The number of nitro groups is 1. The molecular weight excluding hydrogens is 414 g/mol. The number of nitrogens with one attached hydrogen (secondary N) is 1. The summed E-state index contributed by atoms with van der Waals surface area (Å²) in [5, 5.41) is 11.9. The molecule has 3 aromatic carbocycles. The van der Waals surface area contributed by atoms with Crippen LogP contribution in [0.1, 0.15) is 22.9 Å². The second kappa shape index (κ2) is 7.73. The highest BCUT2D eigenvalue weighted by molar-refractivity contribution is 7.78. The Labute approximate surface area is 180 Å². The SMILES string of the molecule is O=[N+]([O-])c1ccc(OS(=O)N2C=Cc3ccccc3C2c2cc3ccccc3[nH]2)cc1. The van der Waals surface area contributed by atoms with Crippen molar-refractivity contribution in [1.29, 1.82) is 0 Å². The Kier molecular flexibility index (Phi) is 4.76. The number of benzene rings is 3. The number of aromatic amines is 1. The molecule has 2 atom stereocenters. The minimum Gasteiger partial charge on any atom is -0.385 e. The molecule has 1 aromatic heterocycles. The minimum absolute atomic E-state index is 0.0547. The van der Waals surface area contributed by atoms with Crippen molar-refractivity contribution in [2.24, 2.45) is 0 Å². The van der Waals surface area contributed by atoms with Crippen LogP contribution >= 0.6 is 0 Å². The third kappa shape index (κ3) is 3.57. The largest absolute Gasteiger partial charge is 0.385 e. The summed E-state index contributed by atoms with van der Waals surface area (Å²) >= 11 is -1.88. The maximum atomic E-state index is 13.2. The van der Waals surface area contributed by atoms with Gasteiger partial charge in [0.25, 0.3) is 5.69 Å². The summed E-state index contributed by atoms with van der Waals surface area (Å²) < 4.78 is 20.5. The van der Waals surface area contributed by atoms with Gasteiger partial charge in [-0.05, 0) is 46.9 Å². The van der Waals surface area contributed by atoms with E-state index >= 15 is 0 Å². The predicted octanol–water partition coefficient (Wildman–Crippen LogP) is 5.11. The van der Waals surface area contributed by atoms with Crippen molar-refractivity contribution < 1.29 is 13.3 Å². The van der Waals surface area contributed by atoms with Crippen molar-refractivity contribution in [3.05, 3.63) is 112 Å². The van der Waals surface area contributed by atoms with E-state index in [1.54, 1.807) is 10.5 Å². The third-order valence-electron chi connectivity index (χ3n) is 5.18. The van der Waals surface area contributed by atoms with Crippen molar-refractivity contribution in [1.82, 2.24) is 9.29 Å². The van der Waals surface area contributed by atoms with Gasteiger partial charge in [0.15, 0.2) is 0 Å². The van der Waals surface area contributed by atoms with E-state index in [2.05, 4.69) is 4.98 Å². The molecule has 0 fully saturated rings. The van der Waals surface area contributed by atoms with Gasteiger partial charge >= 0.3 is 11.3 Å². The normalized spacial score (nSPS) is 16.1. The maximum absolute atomic E-state index is 13.2. The Morgan fingerprint density at radius 3 is 2.52 bits per heavy atom. The molecule has 0 radical (unpaired) electrons. The summed E-state index contributed by atoms with van der Waals surface area (Å²) in [4.78, 5) is 13.8. The molecule has 0 spiro atoms. The number of H-pyrrole nitrogens is 1. The van der Waals surface area contributed by atoms with Crippen LogP contribution in [0.2, 0.25) is 0 Å². The number of fused-ring (bicyclic) bond motifs is 2. The first-order chi connectivity index (χ1) is 15.1. The number of nitro benzene ring substituents is 1. The molecule has 1 aliphatic rings. The molecule has 0 amide bonds. The second-order valence-electron chi connectivity index (χ2n) is 7.07. The number of para-hydroxylation sites is 1. The van der Waals surface area contributed by atoms with Crippen molar-refractivity contribution in [3.8, 4) is 5.75 Å². The van der Waals surface area contributed by atoms with E-state index in [1.807, 2.05) is 60.7 Å². The summed E-state index contributed by atoms with van der Waals surface area (Å²) in [6.45, 7) is 0. The summed E-state index contributed by atoms with van der Waals surface area (Å²) in [6.07, 6.45) is 3.64. The molecule has 4 aromatic rings. The number of aromatic nitrogens is 1. The fourth-order valence-electron chi connectivity index (χ4n) is 3.72. The number of rotatable bonds is 5. The first-order valence-electron chi connectivity index (χ1n) is 9.58. The summed E-state index contributed by atoms with van der Waals surface area (Å²) in [5.41, 5.74) is 3.86. The van der Waals surface area contributed by atoms with Gasteiger partial charge in [0.05, 0.1) is 4.92 Å². The van der Waals surface area contributed by atoms with Gasteiger partial charge < -0.3 is 9.17 Å². The van der Waals surface area contributed by atoms with Crippen LogP contribution in [0.3, 0.4) is 0 Å². The Bertz CT molecular complexity index is 1300. The van der Waals surface area contributed by atoms with E-state index in [-0.39, 0.29) is 17.5 Å². The van der Waals surface area contributed by atoms with Gasteiger partial charge in [0.2, 0.25) is 0 Å². The van der Waals surface area contributed by atoms with Crippen LogP contribution in [0.25, 0.3) is 17.0 Å². The first-order valence-corrected chi connectivity index (χ1v) is 10.6. The lowest BCUT2D eigenvalue weighted by Gasteiger charge is -2.32. The molecule has 0 aliphatic carbocycles. The van der Waals surface area contributed by atoms with Gasteiger partial charge in [-0.25, -0.2) is 0 Å². The third-order valence-corrected chi connectivity index (χ3v) is 6.19. The second-order valence-corrected chi connectivity index (χ2v) is 8.09. The van der Waals surface area contributed by atoms with E-state index in [0.29, 0.717) is 0 Å². The van der Waals surface area contributed by atoms with Gasteiger partial charge in [-0.2, -0.15) is 4.21 Å². The maximum Gasteiger partial charge on any atom is 0.319 e. The Morgan fingerprint density at radius 1 is 1.00 bits per heavy atom. The summed E-state index contributed by atoms with van der Waals surface area (Å²) in [7, 11) is 0. The lowest BCUT2D eigenvalue weighted by molar-refractivity contribution is -0.384. The lowest BCUT2D eigenvalue weighted by atomic mass is 9.95. The smallest absolute Gasteiger partial charge is 0.319 e. The number of hydrogen-bond acceptors (Lipinski definition) is 4. The van der Waals surface area contributed by atoms with Gasteiger partial charge in [0, 0.05) is 29.5 Å². The van der Waals surface area contributed by atoms with Crippen molar-refractivity contribution in [2.75, 3.05) is 0 Å². The number of nitrogens with zero attached hydrogens (tertiary/aromatic N) is 2. The average Bonchev–Trinajstić information content (AvgIpc) is 3.22. The number of hydrogen-bond donors (Lipinski definition) is 1. The predicted molar refractivity (Wildman–Crippen MR) is 119 cm³/mol. The molecule has 154 valence electrons. The van der Waals surface area contributed by atoms with Gasteiger partial charge in [-0.15, -0.1) is 0 Å². The molecule has 5 rings (SSSR count). The molecule has 2 heterocycles. The van der Waals surface area contributed by atoms with E-state index in [1.165, 1.54) is 24.3 Å². The molecule has 1 aliphatic heterocycles. The average molecular weight is 431 g/mol. The Hall–Kier alpha value is -3.91. The van der Waals surface area contributed by atoms with Crippen LogP contribution < -0.4 is 4.18 Å². The van der Waals surface area contributed by atoms with Crippen molar-refractivity contribution in [2.45, 2.75) is 6.04 Å². The topological polar surface area (TPSA) is 88.5 Å². The lowest BCUT2D eigenvalue weighted by Crippen LogP contribution is -2.32. The van der Waals surface area contributed by atoms with Crippen molar-refractivity contribution in [3.63, 3.8) is 0 Å². The van der Waals surface area contributed by atoms with Gasteiger partial charge in [0.1, 0.15) is 11.8 Å². The van der Waals surface area contributed by atoms with Crippen molar-refractivity contribution >= 4 is 33.9 Å². The first kappa shape index (κ1) is 19.1. The molecule has 2 unspecified atom stereocenters. The Morgan fingerprint density at radius 2 is 1.74 bits per heavy atom. The van der Waals surface area contributed by atoms with Crippen LogP contribution in [-0.2, 0) is 11.3 Å². The highest BCUT2D eigenvalue weighted by atomic mass is 32.2. The van der Waals surface area contributed by atoms with Gasteiger partial charge in [-0.1, -0.05) is 42.5 Å². The van der Waals surface area contributed by atoms with Crippen LogP contribution in [0.15, 0.2) is 85.1 Å².